The maximum Gasteiger partial charge on any atom is 0.161 e. The molecule has 4 heteroatoms. The number of ether oxygens (including phenoxy) is 3. The molecule has 1 saturated heterocycles. The SMILES string of the molecule is CC1CCOC(c2ccc3c(c2)OCCCO3)CN1. The van der Waals surface area contributed by atoms with E-state index in [0.29, 0.717) is 6.04 Å². The first-order chi connectivity index (χ1) is 9.33. The molecule has 3 rings (SSSR count). The second-order valence-electron chi connectivity index (χ2n) is 5.21. The maximum absolute atomic E-state index is 5.92. The fraction of sp³-hybridized carbons (Fsp3) is 0.600. The van der Waals surface area contributed by atoms with E-state index in [0.717, 1.165) is 56.3 Å². The van der Waals surface area contributed by atoms with Crippen molar-refractivity contribution >= 4 is 0 Å². The van der Waals surface area contributed by atoms with Gasteiger partial charge < -0.3 is 19.5 Å². The molecule has 2 aliphatic rings. The van der Waals surface area contributed by atoms with E-state index in [-0.39, 0.29) is 6.10 Å². The molecule has 0 spiro atoms. The van der Waals surface area contributed by atoms with E-state index in [4.69, 9.17) is 14.2 Å². The summed E-state index contributed by atoms with van der Waals surface area (Å²) in [6, 6.07) is 6.65. The molecular formula is C15H21NO3. The van der Waals surface area contributed by atoms with Gasteiger partial charge in [0, 0.05) is 25.6 Å². The molecule has 1 aromatic carbocycles. The van der Waals surface area contributed by atoms with Crippen LogP contribution in [-0.4, -0.2) is 32.4 Å². The Bertz CT molecular complexity index is 435. The highest BCUT2D eigenvalue weighted by atomic mass is 16.5. The second-order valence-corrected chi connectivity index (χ2v) is 5.21. The predicted octanol–water partition coefficient (Wildman–Crippen LogP) is 2.29. The third-order valence-electron chi connectivity index (χ3n) is 3.66. The van der Waals surface area contributed by atoms with Crippen LogP contribution in [0.25, 0.3) is 0 Å². The Morgan fingerprint density at radius 3 is 2.84 bits per heavy atom. The number of hydrogen-bond acceptors (Lipinski definition) is 4. The van der Waals surface area contributed by atoms with Crippen LogP contribution in [0.1, 0.15) is 31.4 Å². The maximum atomic E-state index is 5.92. The van der Waals surface area contributed by atoms with Gasteiger partial charge in [0.05, 0.1) is 19.3 Å². The minimum atomic E-state index is 0.0992. The van der Waals surface area contributed by atoms with Crippen LogP contribution in [0.4, 0.5) is 0 Å². The Balaban J connectivity index is 1.79. The monoisotopic (exact) mass is 263 g/mol. The van der Waals surface area contributed by atoms with E-state index in [1.54, 1.807) is 0 Å². The summed E-state index contributed by atoms with van der Waals surface area (Å²) >= 11 is 0. The van der Waals surface area contributed by atoms with E-state index in [2.05, 4.69) is 24.4 Å². The molecule has 1 aromatic rings. The number of fused-ring (bicyclic) bond motifs is 1. The van der Waals surface area contributed by atoms with Crippen molar-refractivity contribution in [2.24, 2.45) is 0 Å². The smallest absolute Gasteiger partial charge is 0.161 e. The molecule has 2 heterocycles. The average Bonchev–Trinajstić information content (AvgIpc) is 2.78. The van der Waals surface area contributed by atoms with Gasteiger partial charge in [-0.1, -0.05) is 6.07 Å². The summed E-state index contributed by atoms with van der Waals surface area (Å²) in [7, 11) is 0. The van der Waals surface area contributed by atoms with E-state index in [1.165, 1.54) is 0 Å². The lowest BCUT2D eigenvalue weighted by Gasteiger charge is -2.17. The van der Waals surface area contributed by atoms with Gasteiger partial charge in [-0.2, -0.15) is 0 Å². The normalized spacial score (nSPS) is 27.4. The van der Waals surface area contributed by atoms with Crippen LogP contribution in [0.5, 0.6) is 11.5 Å². The van der Waals surface area contributed by atoms with Gasteiger partial charge in [0.25, 0.3) is 0 Å². The Labute approximate surface area is 114 Å². The minimum Gasteiger partial charge on any atom is -0.490 e. The third-order valence-corrected chi connectivity index (χ3v) is 3.66. The Morgan fingerprint density at radius 2 is 1.95 bits per heavy atom. The molecule has 4 nitrogen and oxygen atoms in total. The summed E-state index contributed by atoms with van der Waals surface area (Å²) in [5, 5.41) is 3.49. The summed E-state index contributed by atoms with van der Waals surface area (Å²) in [5.74, 6) is 1.69. The highest BCUT2D eigenvalue weighted by Crippen LogP contribution is 2.33. The lowest BCUT2D eigenvalue weighted by Crippen LogP contribution is -2.27. The van der Waals surface area contributed by atoms with Gasteiger partial charge in [-0.3, -0.25) is 0 Å². The Hall–Kier alpha value is -1.26. The van der Waals surface area contributed by atoms with Gasteiger partial charge in [-0.25, -0.2) is 0 Å². The Morgan fingerprint density at radius 1 is 1.11 bits per heavy atom. The highest BCUT2D eigenvalue weighted by molar-refractivity contribution is 5.44. The summed E-state index contributed by atoms with van der Waals surface area (Å²) in [6.07, 6.45) is 2.09. The van der Waals surface area contributed by atoms with Crippen LogP contribution >= 0.6 is 0 Å². The zero-order valence-electron chi connectivity index (χ0n) is 11.4. The second kappa shape index (κ2) is 5.80. The van der Waals surface area contributed by atoms with Crippen molar-refractivity contribution in [3.05, 3.63) is 23.8 Å². The zero-order valence-corrected chi connectivity index (χ0v) is 11.4. The van der Waals surface area contributed by atoms with Crippen molar-refractivity contribution in [3.63, 3.8) is 0 Å². The van der Waals surface area contributed by atoms with Crippen molar-refractivity contribution in [2.75, 3.05) is 26.4 Å². The molecule has 2 unspecified atom stereocenters. The summed E-state index contributed by atoms with van der Waals surface area (Å²) in [5.41, 5.74) is 1.16. The number of benzene rings is 1. The van der Waals surface area contributed by atoms with Gasteiger partial charge >= 0.3 is 0 Å². The van der Waals surface area contributed by atoms with Crippen LogP contribution in [-0.2, 0) is 4.74 Å². The minimum absolute atomic E-state index is 0.0992. The third kappa shape index (κ3) is 3.01. The van der Waals surface area contributed by atoms with E-state index < -0.39 is 0 Å². The summed E-state index contributed by atoms with van der Waals surface area (Å²) in [4.78, 5) is 0. The highest BCUT2D eigenvalue weighted by Gasteiger charge is 2.20. The Kier molecular flexibility index (Phi) is 3.89. The van der Waals surface area contributed by atoms with Gasteiger partial charge in [0.2, 0.25) is 0 Å². The zero-order chi connectivity index (χ0) is 13.1. The molecule has 1 N–H and O–H groups in total. The molecule has 2 aliphatic heterocycles. The molecule has 0 aliphatic carbocycles. The van der Waals surface area contributed by atoms with Crippen LogP contribution in [0.2, 0.25) is 0 Å². The average molecular weight is 263 g/mol. The first kappa shape index (κ1) is 12.8. The molecule has 19 heavy (non-hydrogen) atoms. The number of rotatable bonds is 1. The largest absolute Gasteiger partial charge is 0.490 e. The fourth-order valence-electron chi connectivity index (χ4n) is 2.45. The van der Waals surface area contributed by atoms with Crippen molar-refractivity contribution in [1.29, 1.82) is 0 Å². The fourth-order valence-corrected chi connectivity index (χ4v) is 2.45. The van der Waals surface area contributed by atoms with Gasteiger partial charge in [0.15, 0.2) is 11.5 Å². The van der Waals surface area contributed by atoms with Crippen molar-refractivity contribution in [1.82, 2.24) is 5.32 Å². The van der Waals surface area contributed by atoms with Crippen molar-refractivity contribution in [2.45, 2.75) is 31.9 Å². The van der Waals surface area contributed by atoms with Crippen molar-refractivity contribution < 1.29 is 14.2 Å². The first-order valence-corrected chi connectivity index (χ1v) is 7.07. The van der Waals surface area contributed by atoms with Gasteiger partial charge in [0.1, 0.15) is 0 Å². The van der Waals surface area contributed by atoms with Crippen LogP contribution in [0.3, 0.4) is 0 Å². The standard InChI is InChI=1S/C15H21NO3/c1-11-5-8-19-15(10-16-11)12-3-4-13-14(9-12)18-7-2-6-17-13/h3-4,9,11,15-16H,2,5-8,10H2,1H3. The van der Waals surface area contributed by atoms with E-state index in [1.807, 2.05) is 6.07 Å². The van der Waals surface area contributed by atoms with Crippen LogP contribution in [0, 0.1) is 0 Å². The quantitative estimate of drug-likeness (QED) is 0.844. The van der Waals surface area contributed by atoms with E-state index >= 15 is 0 Å². The molecule has 0 radical (unpaired) electrons. The molecule has 0 bridgehead atoms. The molecule has 104 valence electrons. The summed E-state index contributed by atoms with van der Waals surface area (Å²) in [6.45, 7) is 5.29. The lowest BCUT2D eigenvalue weighted by molar-refractivity contribution is 0.0662. The van der Waals surface area contributed by atoms with Crippen molar-refractivity contribution in [3.8, 4) is 11.5 Å². The summed E-state index contributed by atoms with van der Waals surface area (Å²) < 4.78 is 17.3. The first-order valence-electron chi connectivity index (χ1n) is 7.07. The van der Waals surface area contributed by atoms with Crippen LogP contribution < -0.4 is 14.8 Å². The molecule has 2 atom stereocenters. The van der Waals surface area contributed by atoms with Gasteiger partial charge in [-0.15, -0.1) is 0 Å². The molecule has 0 saturated carbocycles. The lowest BCUT2D eigenvalue weighted by atomic mass is 10.1. The molecular weight excluding hydrogens is 242 g/mol. The number of hydrogen-bond donors (Lipinski definition) is 1. The molecule has 1 fully saturated rings. The molecule has 0 aromatic heterocycles. The molecule has 0 amide bonds. The topological polar surface area (TPSA) is 39.7 Å². The van der Waals surface area contributed by atoms with E-state index in [9.17, 15) is 0 Å². The van der Waals surface area contributed by atoms with Crippen LogP contribution in [0.15, 0.2) is 18.2 Å². The number of nitrogens with one attached hydrogen (secondary N) is 1. The predicted molar refractivity (Wildman–Crippen MR) is 72.8 cm³/mol. The van der Waals surface area contributed by atoms with Gasteiger partial charge in [-0.05, 0) is 31.0 Å².